The lowest BCUT2D eigenvalue weighted by atomic mass is 10.2. The van der Waals surface area contributed by atoms with Gasteiger partial charge in [0, 0.05) is 25.2 Å². The summed E-state index contributed by atoms with van der Waals surface area (Å²) in [6.45, 7) is 0.542. The number of hydrogen-bond acceptors (Lipinski definition) is 6. The van der Waals surface area contributed by atoms with Gasteiger partial charge >= 0.3 is 5.97 Å². The van der Waals surface area contributed by atoms with Crippen LogP contribution in [0, 0.1) is 11.3 Å². The Morgan fingerprint density at radius 1 is 1.23 bits per heavy atom. The average Bonchev–Trinajstić information content (AvgIpc) is 2.63. The van der Waals surface area contributed by atoms with Crippen molar-refractivity contribution in [2.45, 2.75) is 25.7 Å². The van der Waals surface area contributed by atoms with E-state index >= 15 is 0 Å². The number of ether oxygens (including phenoxy) is 2. The highest BCUT2D eigenvalue weighted by atomic mass is 16.5. The highest BCUT2D eigenvalue weighted by Crippen LogP contribution is 2.29. The van der Waals surface area contributed by atoms with Gasteiger partial charge in [0.2, 0.25) is 0 Å². The summed E-state index contributed by atoms with van der Waals surface area (Å²) in [4.78, 5) is 22.7. The Hall–Kier alpha value is -3.21. The van der Waals surface area contributed by atoms with Crippen LogP contribution in [0.4, 0.5) is 5.69 Å². The molecule has 0 aliphatic rings. The molecule has 3 N–H and O–H groups in total. The number of nitriles is 1. The second-order valence-corrected chi connectivity index (χ2v) is 5.35. The molecule has 0 aliphatic carbocycles. The highest BCUT2D eigenvalue weighted by molar-refractivity contribution is 6.07. The molecule has 8 heteroatoms. The van der Waals surface area contributed by atoms with E-state index in [1.807, 2.05) is 6.07 Å². The fourth-order valence-corrected chi connectivity index (χ4v) is 2.10. The Labute approximate surface area is 152 Å². The summed E-state index contributed by atoms with van der Waals surface area (Å²) in [7, 11) is 2.98. The summed E-state index contributed by atoms with van der Waals surface area (Å²) < 4.78 is 10.3. The highest BCUT2D eigenvalue weighted by Gasteiger charge is 2.13. The topological polar surface area (TPSA) is 121 Å². The van der Waals surface area contributed by atoms with Crippen molar-refractivity contribution in [2.75, 3.05) is 26.1 Å². The lowest BCUT2D eigenvalue weighted by Gasteiger charge is -2.11. The first kappa shape index (κ1) is 20.8. The number of hydrogen-bond donors (Lipinski definition) is 3. The first-order valence-corrected chi connectivity index (χ1v) is 8.10. The number of unbranched alkanes of at least 4 members (excludes halogenated alkanes) is 2. The van der Waals surface area contributed by atoms with Crippen molar-refractivity contribution in [2.24, 2.45) is 0 Å². The Bertz CT molecular complexity index is 695. The molecule has 0 heterocycles. The zero-order chi connectivity index (χ0) is 19.4. The van der Waals surface area contributed by atoms with Gasteiger partial charge in [-0.05, 0) is 25.0 Å². The second kappa shape index (κ2) is 11.4. The number of carboxylic acid groups (broad SMARTS) is 1. The van der Waals surface area contributed by atoms with Gasteiger partial charge in [-0.15, -0.1) is 0 Å². The van der Waals surface area contributed by atoms with Gasteiger partial charge in [-0.3, -0.25) is 9.59 Å². The standard InChI is InChI=1S/C18H23N3O5/c1-25-14-7-8-16(26-2)15(10-14)21-18(24)13(11-19)12-20-9-5-3-4-6-17(22)23/h7-8,10,12,20H,3-6,9H2,1-2H3,(H,21,24)(H,22,23)/b13-12-. The predicted octanol–water partition coefficient (Wildman–Crippen LogP) is 2.28. The van der Waals surface area contributed by atoms with Crippen molar-refractivity contribution < 1.29 is 24.2 Å². The largest absolute Gasteiger partial charge is 0.497 e. The van der Waals surface area contributed by atoms with E-state index in [2.05, 4.69) is 10.6 Å². The maximum atomic E-state index is 12.2. The van der Waals surface area contributed by atoms with Crippen LogP contribution in [0.1, 0.15) is 25.7 Å². The molecule has 0 spiro atoms. The first-order chi connectivity index (χ1) is 12.5. The van der Waals surface area contributed by atoms with Crippen LogP contribution >= 0.6 is 0 Å². The number of nitrogens with zero attached hydrogens (tertiary/aromatic N) is 1. The molecule has 1 rings (SSSR count). The molecule has 0 fully saturated rings. The third kappa shape index (κ3) is 7.13. The minimum atomic E-state index is -0.811. The lowest BCUT2D eigenvalue weighted by Crippen LogP contribution is -2.17. The van der Waals surface area contributed by atoms with E-state index < -0.39 is 11.9 Å². The second-order valence-electron chi connectivity index (χ2n) is 5.35. The van der Waals surface area contributed by atoms with Crippen molar-refractivity contribution in [3.05, 3.63) is 30.0 Å². The molecule has 0 saturated heterocycles. The van der Waals surface area contributed by atoms with Crippen LogP contribution in [0.25, 0.3) is 0 Å². The zero-order valence-electron chi connectivity index (χ0n) is 14.9. The van der Waals surface area contributed by atoms with Crippen LogP contribution in [0.2, 0.25) is 0 Å². The van der Waals surface area contributed by atoms with Gasteiger partial charge in [0.05, 0.1) is 19.9 Å². The van der Waals surface area contributed by atoms with Crippen molar-refractivity contribution in [3.8, 4) is 17.6 Å². The van der Waals surface area contributed by atoms with Gasteiger partial charge < -0.3 is 25.2 Å². The minimum Gasteiger partial charge on any atom is -0.497 e. The Balaban J connectivity index is 2.58. The van der Waals surface area contributed by atoms with E-state index in [0.29, 0.717) is 30.2 Å². The molecule has 26 heavy (non-hydrogen) atoms. The summed E-state index contributed by atoms with van der Waals surface area (Å²) >= 11 is 0. The van der Waals surface area contributed by atoms with Crippen LogP contribution in [0.5, 0.6) is 11.5 Å². The van der Waals surface area contributed by atoms with Gasteiger partial charge in [0.1, 0.15) is 23.1 Å². The van der Waals surface area contributed by atoms with Crippen molar-refractivity contribution in [1.82, 2.24) is 5.32 Å². The number of amides is 1. The molecule has 1 aromatic rings. The van der Waals surface area contributed by atoms with Gasteiger partial charge in [-0.1, -0.05) is 6.42 Å². The monoisotopic (exact) mass is 361 g/mol. The van der Waals surface area contributed by atoms with Crippen LogP contribution < -0.4 is 20.1 Å². The number of aliphatic carboxylic acids is 1. The lowest BCUT2D eigenvalue weighted by molar-refractivity contribution is -0.137. The summed E-state index contributed by atoms with van der Waals surface area (Å²) in [5.41, 5.74) is 0.312. The Morgan fingerprint density at radius 3 is 2.62 bits per heavy atom. The number of methoxy groups -OCH3 is 2. The SMILES string of the molecule is COc1ccc(OC)c(NC(=O)/C(C#N)=C\NCCCCCC(=O)O)c1. The van der Waals surface area contributed by atoms with Crippen molar-refractivity contribution >= 4 is 17.6 Å². The number of nitrogens with one attached hydrogen (secondary N) is 2. The number of carboxylic acids is 1. The fraction of sp³-hybridized carbons (Fsp3) is 0.389. The van der Waals surface area contributed by atoms with Gasteiger partial charge in [0.25, 0.3) is 5.91 Å². The van der Waals surface area contributed by atoms with E-state index in [4.69, 9.17) is 19.8 Å². The van der Waals surface area contributed by atoms with E-state index in [0.717, 1.165) is 12.8 Å². The Morgan fingerprint density at radius 2 is 2.00 bits per heavy atom. The minimum absolute atomic E-state index is 0.0830. The molecule has 8 nitrogen and oxygen atoms in total. The van der Waals surface area contributed by atoms with Crippen molar-refractivity contribution in [3.63, 3.8) is 0 Å². The molecule has 0 atom stereocenters. The van der Waals surface area contributed by atoms with E-state index in [9.17, 15) is 9.59 Å². The number of benzene rings is 1. The molecular weight excluding hydrogens is 338 g/mol. The third-order valence-corrected chi connectivity index (χ3v) is 3.48. The summed E-state index contributed by atoms with van der Waals surface area (Å²) in [5.74, 6) is -0.391. The maximum absolute atomic E-state index is 12.2. The molecule has 140 valence electrons. The van der Waals surface area contributed by atoms with E-state index in [-0.39, 0.29) is 12.0 Å². The molecule has 0 aromatic heterocycles. The van der Waals surface area contributed by atoms with Gasteiger partial charge in [-0.2, -0.15) is 5.26 Å². The molecule has 1 amide bonds. The maximum Gasteiger partial charge on any atom is 0.303 e. The number of carbonyl (C=O) groups excluding carboxylic acids is 1. The van der Waals surface area contributed by atoms with Crippen LogP contribution in [0.3, 0.4) is 0 Å². The summed E-state index contributed by atoms with van der Waals surface area (Å²) in [6.07, 6.45) is 3.58. The molecular formula is C18H23N3O5. The summed E-state index contributed by atoms with van der Waals surface area (Å²) in [5, 5.41) is 23.2. The summed E-state index contributed by atoms with van der Waals surface area (Å²) in [6, 6.07) is 6.79. The van der Waals surface area contributed by atoms with Crippen molar-refractivity contribution in [1.29, 1.82) is 5.26 Å². The first-order valence-electron chi connectivity index (χ1n) is 8.10. The predicted molar refractivity (Wildman–Crippen MR) is 96.0 cm³/mol. The molecule has 1 aromatic carbocycles. The normalized spacial score (nSPS) is 10.6. The van der Waals surface area contributed by atoms with E-state index in [1.54, 1.807) is 18.2 Å². The van der Waals surface area contributed by atoms with Crippen LogP contribution in [0.15, 0.2) is 30.0 Å². The third-order valence-electron chi connectivity index (χ3n) is 3.48. The number of rotatable bonds is 11. The zero-order valence-corrected chi connectivity index (χ0v) is 14.9. The van der Waals surface area contributed by atoms with Gasteiger partial charge in [-0.25, -0.2) is 0 Å². The molecule has 0 saturated carbocycles. The smallest absolute Gasteiger partial charge is 0.303 e. The van der Waals surface area contributed by atoms with Crippen LogP contribution in [-0.2, 0) is 9.59 Å². The molecule has 0 aliphatic heterocycles. The molecule has 0 bridgehead atoms. The Kier molecular flexibility index (Phi) is 9.10. The average molecular weight is 361 g/mol. The quantitative estimate of drug-likeness (QED) is 0.314. The van der Waals surface area contributed by atoms with E-state index in [1.165, 1.54) is 20.4 Å². The molecule has 0 unspecified atom stereocenters. The van der Waals surface area contributed by atoms with Crippen LogP contribution in [-0.4, -0.2) is 37.7 Å². The van der Waals surface area contributed by atoms with Gasteiger partial charge in [0.15, 0.2) is 0 Å². The fourth-order valence-electron chi connectivity index (χ4n) is 2.10. The number of anilines is 1. The molecule has 0 radical (unpaired) electrons. The number of carbonyl (C=O) groups is 2.